The molecule has 1 N–H and O–H groups in total. The third-order valence-corrected chi connectivity index (χ3v) is 1.53. The Labute approximate surface area is 74.0 Å². The van der Waals surface area contributed by atoms with E-state index >= 15 is 0 Å². The van der Waals surface area contributed by atoms with Gasteiger partial charge in [-0.2, -0.15) is 4.39 Å². The molecule has 0 aliphatic heterocycles. The second kappa shape index (κ2) is 3.84. The molecule has 0 spiro atoms. The van der Waals surface area contributed by atoms with Crippen molar-refractivity contribution in [3.63, 3.8) is 0 Å². The van der Waals surface area contributed by atoms with E-state index in [1.165, 1.54) is 19.4 Å². The monoisotopic (exact) mass is 185 g/mol. The number of aromatic nitrogens is 1. The topological polar surface area (TPSA) is 59.4 Å². The Bertz CT molecular complexity index is 327. The zero-order chi connectivity index (χ0) is 9.84. The fourth-order valence-electron chi connectivity index (χ4n) is 0.836. The molecule has 1 aromatic rings. The van der Waals surface area contributed by atoms with E-state index in [1.807, 2.05) is 0 Å². The van der Waals surface area contributed by atoms with Crippen molar-refractivity contribution in [2.45, 2.75) is 6.42 Å². The number of rotatable bonds is 2. The molecule has 0 bridgehead atoms. The third kappa shape index (κ3) is 2.14. The van der Waals surface area contributed by atoms with Crippen LogP contribution < -0.4 is 0 Å². The fraction of sp³-hybridized carbons (Fsp3) is 0.250. The van der Waals surface area contributed by atoms with E-state index in [9.17, 15) is 9.18 Å². The van der Waals surface area contributed by atoms with Crippen LogP contribution in [0.4, 0.5) is 4.39 Å². The highest BCUT2D eigenvalue weighted by Gasteiger charge is 2.11. The molecule has 0 radical (unpaired) electrons. The summed E-state index contributed by atoms with van der Waals surface area (Å²) in [5, 5.41) is 9.10. The Balaban J connectivity index is 2.89. The first kappa shape index (κ1) is 9.44. The molecule has 0 aliphatic carbocycles. The van der Waals surface area contributed by atoms with Gasteiger partial charge in [0.2, 0.25) is 0 Å². The van der Waals surface area contributed by atoms with Gasteiger partial charge in [-0.3, -0.25) is 4.79 Å². The molecule has 13 heavy (non-hydrogen) atoms. The molecule has 0 fully saturated rings. The summed E-state index contributed by atoms with van der Waals surface area (Å²) >= 11 is 0. The first-order valence-corrected chi connectivity index (χ1v) is 3.54. The van der Waals surface area contributed by atoms with E-state index < -0.39 is 17.7 Å². The van der Waals surface area contributed by atoms with Crippen molar-refractivity contribution in [1.29, 1.82) is 0 Å². The van der Waals surface area contributed by atoms with Gasteiger partial charge in [0.05, 0.1) is 13.5 Å². The van der Waals surface area contributed by atoms with E-state index in [4.69, 9.17) is 5.11 Å². The van der Waals surface area contributed by atoms with E-state index in [1.54, 1.807) is 0 Å². The minimum atomic E-state index is -0.985. The van der Waals surface area contributed by atoms with Crippen LogP contribution in [-0.2, 0) is 16.0 Å². The number of ether oxygens (including phenoxy) is 1. The fourth-order valence-corrected chi connectivity index (χ4v) is 0.836. The van der Waals surface area contributed by atoms with E-state index in [2.05, 4.69) is 9.72 Å². The van der Waals surface area contributed by atoms with Gasteiger partial charge in [-0.15, -0.1) is 0 Å². The third-order valence-electron chi connectivity index (χ3n) is 1.53. The first-order valence-electron chi connectivity index (χ1n) is 3.54. The molecule has 0 atom stereocenters. The summed E-state index contributed by atoms with van der Waals surface area (Å²) in [6.07, 6.45) is 1.01. The molecule has 4 nitrogen and oxygen atoms in total. The number of hydrogen-bond acceptors (Lipinski definition) is 4. The number of carbonyl (C=O) groups excluding carboxylic acids is 1. The molecule has 0 saturated heterocycles. The van der Waals surface area contributed by atoms with Gasteiger partial charge in [0.1, 0.15) is 0 Å². The van der Waals surface area contributed by atoms with Gasteiger partial charge in [0.25, 0.3) is 5.95 Å². The van der Waals surface area contributed by atoms with Gasteiger partial charge in [0.15, 0.2) is 5.75 Å². The normalized spacial score (nSPS) is 9.69. The molecule has 0 unspecified atom stereocenters. The Morgan fingerprint density at radius 1 is 1.77 bits per heavy atom. The maximum atomic E-state index is 12.6. The van der Waals surface area contributed by atoms with Crippen LogP contribution in [-0.4, -0.2) is 23.2 Å². The van der Waals surface area contributed by atoms with Crippen LogP contribution in [0.5, 0.6) is 5.75 Å². The Morgan fingerprint density at radius 3 is 3.08 bits per heavy atom. The molecule has 5 heteroatoms. The summed E-state index contributed by atoms with van der Waals surface area (Å²) in [6, 6.07) is 1.36. The number of aromatic hydroxyl groups is 1. The minimum Gasteiger partial charge on any atom is -0.503 e. The molecule has 1 rings (SSSR count). The summed E-state index contributed by atoms with van der Waals surface area (Å²) in [4.78, 5) is 14.0. The second-order valence-corrected chi connectivity index (χ2v) is 2.36. The van der Waals surface area contributed by atoms with E-state index in [0.29, 0.717) is 0 Å². The molecule has 0 amide bonds. The van der Waals surface area contributed by atoms with Gasteiger partial charge in [-0.05, 0) is 6.07 Å². The number of carbonyl (C=O) groups is 1. The van der Waals surface area contributed by atoms with Crippen LogP contribution in [0.25, 0.3) is 0 Å². The van der Waals surface area contributed by atoms with Crippen molar-refractivity contribution in [1.82, 2.24) is 4.98 Å². The lowest BCUT2D eigenvalue weighted by Gasteiger charge is -2.02. The number of pyridine rings is 1. The lowest BCUT2D eigenvalue weighted by Crippen LogP contribution is -2.05. The maximum Gasteiger partial charge on any atom is 0.310 e. The summed E-state index contributed by atoms with van der Waals surface area (Å²) in [5.41, 5.74) is 0.166. The molecule has 70 valence electrons. The zero-order valence-electron chi connectivity index (χ0n) is 6.95. The first-order chi connectivity index (χ1) is 6.15. The predicted octanol–water partition coefficient (Wildman–Crippen LogP) is 0.642. The molecule has 0 aliphatic rings. The molecule has 1 aromatic heterocycles. The summed E-state index contributed by atoms with van der Waals surface area (Å²) in [6.45, 7) is 0. The van der Waals surface area contributed by atoms with Gasteiger partial charge in [-0.1, -0.05) is 0 Å². The summed E-state index contributed by atoms with van der Waals surface area (Å²) in [5.74, 6) is -2.13. The Morgan fingerprint density at radius 2 is 2.46 bits per heavy atom. The van der Waals surface area contributed by atoms with Crippen molar-refractivity contribution in [3.8, 4) is 5.75 Å². The van der Waals surface area contributed by atoms with Crippen LogP contribution in [0.1, 0.15) is 5.56 Å². The van der Waals surface area contributed by atoms with Crippen molar-refractivity contribution < 1.29 is 19.0 Å². The van der Waals surface area contributed by atoms with Crippen molar-refractivity contribution in [3.05, 3.63) is 23.8 Å². The second-order valence-electron chi connectivity index (χ2n) is 2.36. The quantitative estimate of drug-likeness (QED) is 0.542. The average molecular weight is 185 g/mol. The highest BCUT2D eigenvalue weighted by Crippen LogP contribution is 2.18. The molecule has 1 heterocycles. The Kier molecular flexibility index (Phi) is 2.79. The highest BCUT2D eigenvalue weighted by atomic mass is 19.1. The van der Waals surface area contributed by atoms with Gasteiger partial charge in [-0.25, -0.2) is 4.98 Å². The number of hydrogen-bond donors (Lipinski definition) is 1. The summed E-state index contributed by atoms with van der Waals surface area (Å²) < 4.78 is 17.0. The lowest BCUT2D eigenvalue weighted by molar-refractivity contribution is -0.139. The van der Waals surface area contributed by atoms with Gasteiger partial charge in [0, 0.05) is 11.8 Å². The summed E-state index contributed by atoms with van der Waals surface area (Å²) in [7, 11) is 1.22. The Hall–Kier alpha value is -1.65. The standard InChI is InChI=1S/C8H8FNO3/c1-13-6(11)4-5-2-3-10-8(9)7(5)12/h2-3,12H,4H2,1H3. The number of halogens is 1. The molecule has 0 aromatic carbocycles. The van der Waals surface area contributed by atoms with Crippen LogP contribution in [0.2, 0.25) is 0 Å². The lowest BCUT2D eigenvalue weighted by atomic mass is 10.2. The van der Waals surface area contributed by atoms with E-state index in [-0.39, 0.29) is 12.0 Å². The van der Waals surface area contributed by atoms with Crippen molar-refractivity contribution in [2.24, 2.45) is 0 Å². The van der Waals surface area contributed by atoms with Crippen LogP contribution in [0, 0.1) is 5.95 Å². The largest absolute Gasteiger partial charge is 0.503 e. The van der Waals surface area contributed by atoms with Crippen LogP contribution in [0.15, 0.2) is 12.3 Å². The number of nitrogens with zero attached hydrogens (tertiary/aromatic N) is 1. The van der Waals surface area contributed by atoms with Crippen molar-refractivity contribution in [2.75, 3.05) is 7.11 Å². The number of esters is 1. The SMILES string of the molecule is COC(=O)Cc1ccnc(F)c1O. The van der Waals surface area contributed by atoms with Gasteiger partial charge >= 0.3 is 5.97 Å². The van der Waals surface area contributed by atoms with Crippen LogP contribution in [0.3, 0.4) is 0 Å². The molecular weight excluding hydrogens is 177 g/mol. The van der Waals surface area contributed by atoms with Crippen LogP contribution >= 0.6 is 0 Å². The smallest absolute Gasteiger partial charge is 0.310 e. The highest BCUT2D eigenvalue weighted by molar-refractivity contribution is 5.73. The molecular formula is C8H8FNO3. The number of methoxy groups -OCH3 is 1. The predicted molar refractivity (Wildman–Crippen MR) is 41.6 cm³/mol. The maximum absolute atomic E-state index is 12.6. The minimum absolute atomic E-state index is 0.165. The molecule has 0 saturated carbocycles. The average Bonchev–Trinajstić information content (AvgIpc) is 2.13. The van der Waals surface area contributed by atoms with Gasteiger partial charge < -0.3 is 9.84 Å². The van der Waals surface area contributed by atoms with E-state index in [0.717, 1.165) is 0 Å². The van der Waals surface area contributed by atoms with Crippen molar-refractivity contribution >= 4 is 5.97 Å². The zero-order valence-corrected chi connectivity index (χ0v) is 6.95.